The Morgan fingerprint density at radius 1 is 1.14 bits per heavy atom. The van der Waals surface area contributed by atoms with Crippen molar-refractivity contribution in [1.82, 2.24) is 4.98 Å². The van der Waals surface area contributed by atoms with E-state index in [1.54, 1.807) is 0 Å². The number of hydrogen-bond donors (Lipinski definition) is 0. The Labute approximate surface area is 165 Å². The van der Waals surface area contributed by atoms with Crippen molar-refractivity contribution in [1.29, 1.82) is 0 Å². The molecule has 4 heteroatoms. The second-order valence-corrected chi connectivity index (χ2v) is 7.35. The van der Waals surface area contributed by atoms with Crippen molar-refractivity contribution in [2.75, 3.05) is 7.11 Å². The molecule has 0 aliphatic heterocycles. The van der Waals surface area contributed by atoms with Crippen LogP contribution in [0.15, 0.2) is 54.6 Å². The zero-order valence-electron chi connectivity index (χ0n) is 16.2. The molecule has 0 N–H and O–H groups in total. The van der Waals surface area contributed by atoms with Crippen LogP contribution < -0.4 is 4.74 Å². The summed E-state index contributed by atoms with van der Waals surface area (Å²) in [5.74, 6) is 1.12. The Bertz CT molecular complexity index is 983. The molecule has 1 aliphatic rings. The number of aryl methyl sites for hydroxylation is 1. The fourth-order valence-corrected chi connectivity index (χ4v) is 4.00. The molecule has 4 nitrogen and oxygen atoms in total. The summed E-state index contributed by atoms with van der Waals surface area (Å²) in [6.45, 7) is 0.441. The smallest absolute Gasteiger partial charge is 0.305 e. The van der Waals surface area contributed by atoms with Gasteiger partial charge in [-0.3, -0.25) is 4.79 Å². The lowest BCUT2D eigenvalue weighted by molar-refractivity contribution is -0.140. The number of hydrogen-bond acceptors (Lipinski definition) is 4. The Hall–Kier alpha value is -2.88. The van der Waals surface area contributed by atoms with E-state index in [0.717, 1.165) is 41.6 Å². The van der Waals surface area contributed by atoms with Crippen molar-refractivity contribution in [3.8, 4) is 5.75 Å². The zero-order chi connectivity index (χ0) is 19.3. The van der Waals surface area contributed by atoms with Gasteiger partial charge in [0, 0.05) is 11.8 Å². The number of carbonyl (C=O) groups is 1. The first kappa shape index (κ1) is 18.5. The van der Waals surface area contributed by atoms with Crippen molar-refractivity contribution >= 4 is 16.9 Å². The summed E-state index contributed by atoms with van der Waals surface area (Å²) in [6.07, 6.45) is 4.67. The highest BCUT2D eigenvalue weighted by molar-refractivity contribution is 5.78. The molecular formula is C24H25NO3. The molecule has 3 aromatic rings. The molecule has 1 aromatic heterocycles. The molecule has 144 valence electrons. The highest BCUT2D eigenvalue weighted by Gasteiger charge is 2.21. The number of carbonyl (C=O) groups excluding carboxylic acids is 1. The predicted molar refractivity (Wildman–Crippen MR) is 109 cm³/mol. The summed E-state index contributed by atoms with van der Waals surface area (Å²) in [6, 6.07) is 18.6. The van der Waals surface area contributed by atoms with Crippen LogP contribution in [0, 0.1) is 0 Å². The van der Waals surface area contributed by atoms with E-state index in [4.69, 9.17) is 9.47 Å². The second kappa shape index (κ2) is 8.42. The molecule has 0 fully saturated rings. The van der Waals surface area contributed by atoms with Gasteiger partial charge in [-0.1, -0.05) is 30.3 Å². The molecule has 0 bridgehead atoms. The number of benzene rings is 2. The van der Waals surface area contributed by atoms with Crippen LogP contribution in [0.1, 0.15) is 48.4 Å². The van der Waals surface area contributed by atoms with E-state index in [1.807, 2.05) is 30.3 Å². The highest BCUT2D eigenvalue weighted by atomic mass is 16.5. The Kier molecular flexibility index (Phi) is 5.56. The first-order chi connectivity index (χ1) is 13.7. The third-order valence-electron chi connectivity index (χ3n) is 5.52. The van der Waals surface area contributed by atoms with Gasteiger partial charge in [0.1, 0.15) is 12.4 Å². The molecule has 1 aliphatic carbocycles. The van der Waals surface area contributed by atoms with Gasteiger partial charge in [0.15, 0.2) is 0 Å². The quantitative estimate of drug-likeness (QED) is 0.557. The molecule has 0 spiro atoms. The largest absolute Gasteiger partial charge is 0.487 e. The van der Waals surface area contributed by atoms with E-state index in [-0.39, 0.29) is 5.97 Å². The van der Waals surface area contributed by atoms with Crippen molar-refractivity contribution < 1.29 is 14.3 Å². The molecule has 2 aromatic carbocycles. The SMILES string of the molecule is COC(=O)CCC1CCCc2ccc(OCc3ccc4ccccc4n3)cc21. The maximum atomic E-state index is 11.5. The van der Waals surface area contributed by atoms with Crippen LogP contribution in [0.2, 0.25) is 0 Å². The third kappa shape index (κ3) is 4.16. The number of rotatable bonds is 6. The van der Waals surface area contributed by atoms with Crippen LogP contribution in [0.4, 0.5) is 0 Å². The number of esters is 1. The molecule has 1 heterocycles. The Balaban J connectivity index is 1.47. The minimum Gasteiger partial charge on any atom is -0.487 e. The first-order valence-electron chi connectivity index (χ1n) is 9.90. The maximum absolute atomic E-state index is 11.5. The average Bonchev–Trinajstić information content (AvgIpc) is 2.75. The molecule has 0 amide bonds. The Morgan fingerprint density at radius 2 is 2.04 bits per heavy atom. The van der Waals surface area contributed by atoms with Crippen LogP contribution in [0.3, 0.4) is 0 Å². The molecule has 1 unspecified atom stereocenters. The van der Waals surface area contributed by atoms with Gasteiger partial charge in [0.2, 0.25) is 0 Å². The Morgan fingerprint density at radius 3 is 2.93 bits per heavy atom. The summed E-state index contributed by atoms with van der Waals surface area (Å²) in [5.41, 5.74) is 4.59. The minimum absolute atomic E-state index is 0.137. The summed E-state index contributed by atoms with van der Waals surface area (Å²) in [4.78, 5) is 16.2. The number of para-hydroxylation sites is 1. The van der Waals surface area contributed by atoms with Gasteiger partial charge < -0.3 is 9.47 Å². The fourth-order valence-electron chi connectivity index (χ4n) is 4.00. The molecule has 1 atom stereocenters. The summed E-state index contributed by atoms with van der Waals surface area (Å²) >= 11 is 0. The number of fused-ring (bicyclic) bond motifs is 2. The van der Waals surface area contributed by atoms with Crippen molar-refractivity contribution in [2.45, 2.75) is 44.6 Å². The summed E-state index contributed by atoms with van der Waals surface area (Å²) < 4.78 is 10.8. The van der Waals surface area contributed by atoms with Gasteiger partial charge in [-0.15, -0.1) is 0 Å². The highest BCUT2D eigenvalue weighted by Crippen LogP contribution is 2.37. The van der Waals surface area contributed by atoms with Gasteiger partial charge >= 0.3 is 5.97 Å². The fraction of sp³-hybridized carbons (Fsp3) is 0.333. The van der Waals surface area contributed by atoms with Crippen molar-refractivity contribution in [3.63, 3.8) is 0 Å². The topological polar surface area (TPSA) is 48.4 Å². The molecule has 28 heavy (non-hydrogen) atoms. The van der Waals surface area contributed by atoms with E-state index < -0.39 is 0 Å². The molecule has 0 saturated carbocycles. The van der Waals surface area contributed by atoms with E-state index in [0.29, 0.717) is 18.9 Å². The van der Waals surface area contributed by atoms with Crippen LogP contribution in [0.25, 0.3) is 10.9 Å². The lowest BCUT2D eigenvalue weighted by Crippen LogP contribution is -2.12. The number of methoxy groups -OCH3 is 1. The third-order valence-corrected chi connectivity index (χ3v) is 5.52. The van der Waals surface area contributed by atoms with Crippen LogP contribution in [-0.2, 0) is 22.6 Å². The molecular weight excluding hydrogens is 350 g/mol. The maximum Gasteiger partial charge on any atom is 0.305 e. The van der Waals surface area contributed by atoms with Crippen LogP contribution in [0.5, 0.6) is 5.75 Å². The van der Waals surface area contributed by atoms with Gasteiger partial charge in [-0.05, 0) is 67.0 Å². The van der Waals surface area contributed by atoms with Gasteiger partial charge in [-0.2, -0.15) is 0 Å². The van der Waals surface area contributed by atoms with Gasteiger partial charge in [-0.25, -0.2) is 4.98 Å². The number of pyridine rings is 1. The normalized spacial score (nSPS) is 15.8. The number of aromatic nitrogens is 1. The zero-order valence-corrected chi connectivity index (χ0v) is 16.2. The lowest BCUT2D eigenvalue weighted by Gasteiger charge is -2.26. The van der Waals surface area contributed by atoms with Gasteiger partial charge in [0.25, 0.3) is 0 Å². The summed E-state index contributed by atoms with van der Waals surface area (Å²) in [7, 11) is 1.45. The van der Waals surface area contributed by atoms with E-state index in [1.165, 1.54) is 24.7 Å². The van der Waals surface area contributed by atoms with E-state index in [2.05, 4.69) is 29.2 Å². The number of ether oxygens (including phenoxy) is 2. The van der Waals surface area contributed by atoms with E-state index in [9.17, 15) is 4.79 Å². The average molecular weight is 375 g/mol. The van der Waals surface area contributed by atoms with Crippen molar-refractivity contribution in [2.24, 2.45) is 0 Å². The minimum atomic E-state index is -0.137. The second-order valence-electron chi connectivity index (χ2n) is 7.35. The number of nitrogens with zero attached hydrogens (tertiary/aromatic N) is 1. The van der Waals surface area contributed by atoms with Crippen LogP contribution >= 0.6 is 0 Å². The molecule has 0 radical (unpaired) electrons. The first-order valence-corrected chi connectivity index (χ1v) is 9.90. The van der Waals surface area contributed by atoms with Gasteiger partial charge in [0.05, 0.1) is 18.3 Å². The lowest BCUT2D eigenvalue weighted by atomic mass is 9.80. The molecule has 4 rings (SSSR count). The molecule has 0 saturated heterocycles. The van der Waals surface area contributed by atoms with Crippen molar-refractivity contribution in [3.05, 3.63) is 71.4 Å². The standard InChI is InChI=1S/C24H25NO3/c1-27-24(26)14-11-18-7-4-6-17-10-13-21(15-22(17)18)28-16-20-12-9-19-5-2-3-8-23(19)25-20/h2-3,5,8-10,12-13,15,18H,4,6-7,11,14,16H2,1H3. The van der Waals surface area contributed by atoms with E-state index >= 15 is 0 Å². The monoisotopic (exact) mass is 375 g/mol. The predicted octanol–water partition coefficient (Wildman–Crippen LogP) is 5.19. The van der Waals surface area contributed by atoms with Crippen LogP contribution in [-0.4, -0.2) is 18.1 Å². The summed E-state index contributed by atoms with van der Waals surface area (Å²) in [5, 5.41) is 1.13.